The summed E-state index contributed by atoms with van der Waals surface area (Å²) in [5, 5.41) is 19.0. The molecule has 1 saturated heterocycles. The number of hydrogen-bond donors (Lipinski definition) is 3. The molecule has 0 bridgehead atoms. The molecule has 0 radical (unpaired) electrons. The molecule has 45 heavy (non-hydrogen) atoms. The highest BCUT2D eigenvalue weighted by atomic mass is 19.4. The Morgan fingerprint density at radius 3 is 2.53 bits per heavy atom. The lowest BCUT2D eigenvalue weighted by molar-refractivity contribution is -0.192. The van der Waals surface area contributed by atoms with E-state index in [0.717, 1.165) is 84.0 Å². The van der Waals surface area contributed by atoms with E-state index in [0.29, 0.717) is 0 Å². The van der Waals surface area contributed by atoms with Gasteiger partial charge in [-0.15, -0.1) is 0 Å². The second-order valence-electron chi connectivity index (χ2n) is 11.3. The number of aliphatic carboxylic acids is 1. The predicted octanol–water partition coefficient (Wildman–Crippen LogP) is 5.58. The zero-order chi connectivity index (χ0) is 31.8. The van der Waals surface area contributed by atoms with Crippen LogP contribution in [0.3, 0.4) is 0 Å². The normalized spacial score (nSPS) is 21.0. The zero-order valence-corrected chi connectivity index (χ0v) is 24.4. The van der Waals surface area contributed by atoms with E-state index in [4.69, 9.17) is 19.4 Å². The van der Waals surface area contributed by atoms with E-state index in [1.54, 1.807) is 7.11 Å². The second kappa shape index (κ2) is 12.0. The van der Waals surface area contributed by atoms with Crippen molar-refractivity contribution in [2.75, 3.05) is 38.7 Å². The van der Waals surface area contributed by atoms with Crippen LogP contribution in [0.2, 0.25) is 0 Å². The van der Waals surface area contributed by atoms with E-state index in [1.165, 1.54) is 5.56 Å². The molecule has 3 heterocycles. The molecule has 1 aromatic heterocycles. The van der Waals surface area contributed by atoms with Crippen LogP contribution in [-0.2, 0) is 26.3 Å². The van der Waals surface area contributed by atoms with Gasteiger partial charge in [0.25, 0.3) is 0 Å². The van der Waals surface area contributed by atoms with Crippen molar-refractivity contribution in [2.24, 2.45) is 0 Å². The molecule has 2 fully saturated rings. The smallest absolute Gasteiger partial charge is 0.490 e. The van der Waals surface area contributed by atoms with Gasteiger partial charge in [-0.25, -0.2) is 4.79 Å². The molecule has 1 spiro atoms. The average molecular weight is 621 g/mol. The molecule has 234 valence electrons. The number of alkyl halides is 3. The molecule has 2 atom stereocenters. The number of aromatic nitrogens is 2. The monoisotopic (exact) mass is 620 g/mol. The molecule has 9 nitrogen and oxygen atoms in total. The summed E-state index contributed by atoms with van der Waals surface area (Å²) in [7, 11) is 1.66. The van der Waals surface area contributed by atoms with Gasteiger partial charge in [0.2, 0.25) is 5.91 Å². The average Bonchev–Trinajstić information content (AvgIpc) is 3.57. The quantitative estimate of drug-likeness (QED) is 0.258. The lowest BCUT2D eigenvalue weighted by atomic mass is 9.91. The Morgan fingerprint density at radius 2 is 1.84 bits per heavy atom. The van der Waals surface area contributed by atoms with Crippen molar-refractivity contribution in [1.82, 2.24) is 15.1 Å². The number of fused-ring (bicyclic) bond motifs is 3. The maximum absolute atomic E-state index is 13.0. The first-order chi connectivity index (χ1) is 21.6. The molecule has 12 heteroatoms. The Morgan fingerprint density at radius 1 is 1.11 bits per heavy atom. The molecule has 0 unspecified atom stereocenters. The van der Waals surface area contributed by atoms with Gasteiger partial charge in [-0.1, -0.05) is 42.5 Å². The Hall–Kier alpha value is -4.68. The molecule has 1 saturated carbocycles. The Labute approximate surface area is 256 Å². The number of carboxylic acid groups (broad SMARTS) is 1. The van der Waals surface area contributed by atoms with Crippen molar-refractivity contribution < 1.29 is 37.3 Å². The standard InChI is InChI=1S/C31H30N4O3.C2HF3O2/c1-37-23-8-11-28-25(17-23)31(30(36)32-28)18-26(31)22-7-9-24-27(33-34-29(24)16-22)10-6-20-2-4-21(5-3-20)19-35-12-14-38-15-13-35;3-2(4,5)1(6)7/h2-11,16-17,26H,12-15,18-19H2,1H3,(H,32,36)(H,33,34);(H,6,7)/b10-6+;/t26-,31-;/m0./s1. The number of nitrogens with one attached hydrogen (secondary N) is 2. The molecule has 4 aromatic rings. The van der Waals surface area contributed by atoms with E-state index in [9.17, 15) is 18.0 Å². The Balaban J connectivity index is 0.000000460. The highest BCUT2D eigenvalue weighted by molar-refractivity contribution is 6.10. The van der Waals surface area contributed by atoms with Crippen LogP contribution in [0.25, 0.3) is 23.1 Å². The van der Waals surface area contributed by atoms with Gasteiger partial charge >= 0.3 is 12.1 Å². The van der Waals surface area contributed by atoms with Crippen LogP contribution < -0.4 is 10.1 Å². The van der Waals surface area contributed by atoms with Crippen molar-refractivity contribution in [1.29, 1.82) is 0 Å². The highest BCUT2D eigenvalue weighted by Crippen LogP contribution is 2.65. The van der Waals surface area contributed by atoms with Gasteiger partial charge in [-0.05, 0) is 59.0 Å². The van der Waals surface area contributed by atoms with Gasteiger partial charge in [0.1, 0.15) is 5.75 Å². The number of amides is 1. The number of morpholine rings is 1. The minimum atomic E-state index is -5.08. The van der Waals surface area contributed by atoms with Gasteiger partial charge in [0, 0.05) is 36.6 Å². The number of aromatic amines is 1. The van der Waals surface area contributed by atoms with Crippen molar-refractivity contribution in [3.05, 3.63) is 88.6 Å². The number of carbonyl (C=O) groups is 2. The Bertz CT molecular complexity index is 1760. The van der Waals surface area contributed by atoms with Crippen LogP contribution in [-0.4, -0.2) is 71.7 Å². The maximum atomic E-state index is 13.0. The number of anilines is 1. The molecule has 1 amide bonds. The first-order valence-corrected chi connectivity index (χ1v) is 14.4. The first kappa shape index (κ1) is 30.4. The van der Waals surface area contributed by atoms with Crippen LogP contribution >= 0.6 is 0 Å². The number of halogens is 3. The van der Waals surface area contributed by atoms with Crippen LogP contribution in [0.5, 0.6) is 5.75 Å². The number of H-pyrrole nitrogens is 1. The van der Waals surface area contributed by atoms with Gasteiger partial charge in [-0.3, -0.25) is 14.8 Å². The number of ether oxygens (including phenoxy) is 2. The van der Waals surface area contributed by atoms with E-state index in [1.807, 2.05) is 18.2 Å². The molecule has 2 aliphatic heterocycles. The summed E-state index contributed by atoms with van der Waals surface area (Å²) in [4.78, 5) is 24.3. The van der Waals surface area contributed by atoms with E-state index >= 15 is 0 Å². The fraction of sp³-hybridized carbons (Fsp3) is 0.303. The summed E-state index contributed by atoms with van der Waals surface area (Å²) in [6, 6.07) is 20.9. The third kappa shape index (κ3) is 6.16. The lowest BCUT2D eigenvalue weighted by Crippen LogP contribution is -2.35. The molecule has 1 aliphatic carbocycles. The minimum Gasteiger partial charge on any atom is -0.497 e. The SMILES string of the molecule is COc1ccc2c(c1)[C@]1(C[C@H]1c1ccc3c(/C=C/c4ccc(CN5CCOCC5)cc4)n[nH]c3c1)C(=O)N2.O=C(O)C(F)(F)F. The minimum absolute atomic E-state index is 0.0787. The number of rotatable bonds is 6. The predicted molar refractivity (Wildman–Crippen MR) is 162 cm³/mol. The van der Waals surface area contributed by atoms with Crippen LogP contribution in [0.15, 0.2) is 60.7 Å². The van der Waals surface area contributed by atoms with Crippen molar-refractivity contribution >= 4 is 40.6 Å². The van der Waals surface area contributed by atoms with Crippen LogP contribution in [0.4, 0.5) is 18.9 Å². The van der Waals surface area contributed by atoms with Gasteiger partial charge in [-0.2, -0.15) is 18.3 Å². The van der Waals surface area contributed by atoms with Crippen LogP contribution in [0.1, 0.15) is 40.3 Å². The fourth-order valence-electron chi connectivity index (χ4n) is 6.03. The lowest BCUT2D eigenvalue weighted by Gasteiger charge is -2.26. The third-order valence-electron chi connectivity index (χ3n) is 8.51. The van der Waals surface area contributed by atoms with Gasteiger partial charge in [0.05, 0.1) is 36.9 Å². The largest absolute Gasteiger partial charge is 0.497 e. The summed E-state index contributed by atoms with van der Waals surface area (Å²) in [6.45, 7) is 4.59. The van der Waals surface area contributed by atoms with Crippen molar-refractivity contribution in [3.8, 4) is 5.75 Å². The summed E-state index contributed by atoms with van der Waals surface area (Å²) >= 11 is 0. The number of nitrogens with zero attached hydrogens (tertiary/aromatic N) is 2. The van der Waals surface area contributed by atoms with Crippen molar-refractivity contribution in [3.63, 3.8) is 0 Å². The zero-order valence-electron chi connectivity index (χ0n) is 24.4. The summed E-state index contributed by atoms with van der Waals surface area (Å²) in [5.41, 5.74) is 6.92. The molecular weight excluding hydrogens is 589 g/mol. The van der Waals surface area contributed by atoms with E-state index in [2.05, 4.69) is 75.0 Å². The highest BCUT2D eigenvalue weighted by Gasteiger charge is 2.65. The fourth-order valence-corrected chi connectivity index (χ4v) is 6.03. The van der Waals surface area contributed by atoms with Crippen LogP contribution in [0, 0.1) is 0 Å². The molecule has 7 rings (SSSR count). The Kier molecular flexibility index (Phi) is 8.10. The summed E-state index contributed by atoms with van der Waals surface area (Å²) in [6.07, 6.45) is -0.126. The van der Waals surface area contributed by atoms with Gasteiger partial charge in [0.15, 0.2) is 0 Å². The molecule has 3 aromatic carbocycles. The molecular formula is C33H31F3N4O5. The van der Waals surface area contributed by atoms with Gasteiger partial charge < -0.3 is 19.9 Å². The summed E-state index contributed by atoms with van der Waals surface area (Å²) < 4.78 is 42.6. The van der Waals surface area contributed by atoms with E-state index in [-0.39, 0.29) is 11.8 Å². The summed E-state index contributed by atoms with van der Waals surface area (Å²) in [5.74, 6) is -1.77. The van der Waals surface area contributed by atoms with Crippen molar-refractivity contribution in [2.45, 2.75) is 30.5 Å². The number of carbonyl (C=O) groups excluding carboxylic acids is 1. The number of carboxylic acids is 1. The maximum Gasteiger partial charge on any atom is 0.490 e. The van der Waals surface area contributed by atoms with E-state index < -0.39 is 17.6 Å². The molecule has 3 N–H and O–H groups in total. The number of benzene rings is 3. The first-order valence-electron chi connectivity index (χ1n) is 14.4. The number of hydrogen-bond acceptors (Lipinski definition) is 6. The second-order valence-corrected chi connectivity index (χ2v) is 11.3. The third-order valence-corrected chi connectivity index (χ3v) is 8.51. The molecule has 3 aliphatic rings. The topological polar surface area (TPSA) is 117 Å². The number of methoxy groups -OCH3 is 1.